The molecule has 2 aromatic carbocycles. The predicted molar refractivity (Wildman–Crippen MR) is 87.1 cm³/mol. The molecule has 1 aromatic heterocycles. The van der Waals surface area contributed by atoms with Crippen molar-refractivity contribution in [2.24, 2.45) is 0 Å². The molecule has 0 saturated carbocycles. The monoisotopic (exact) mass is 325 g/mol. The van der Waals surface area contributed by atoms with Gasteiger partial charge in [-0.15, -0.1) is 0 Å². The molecule has 0 N–H and O–H groups in total. The molecular formula is C19H16FNO3. The highest BCUT2D eigenvalue weighted by Gasteiger charge is 2.13. The van der Waals surface area contributed by atoms with Crippen LogP contribution in [0.3, 0.4) is 0 Å². The fourth-order valence-corrected chi connectivity index (χ4v) is 2.27. The van der Waals surface area contributed by atoms with E-state index >= 15 is 0 Å². The molecule has 0 spiro atoms. The van der Waals surface area contributed by atoms with Crippen LogP contribution in [0.2, 0.25) is 0 Å². The molecular weight excluding hydrogens is 309 g/mol. The summed E-state index contributed by atoms with van der Waals surface area (Å²) in [4.78, 5) is 16.3. The molecule has 0 saturated heterocycles. The van der Waals surface area contributed by atoms with Gasteiger partial charge in [0, 0.05) is 12.0 Å². The zero-order valence-corrected chi connectivity index (χ0v) is 13.2. The topological polar surface area (TPSA) is 52.3 Å². The van der Waals surface area contributed by atoms with Crippen molar-refractivity contribution in [3.05, 3.63) is 77.4 Å². The molecule has 3 aromatic rings. The van der Waals surface area contributed by atoms with Gasteiger partial charge in [-0.3, -0.25) is 0 Å². The van der Waals surface area contributed by atoms with E-state index in [9.17, 15) is 9.18 Å². The van der Waals surface area contributed by atoms with Crippen LogP contribution in [0.25, 0.3) is 11.5 Å². The zero-order chi connectivity index (χ0) is 16.9. The van der Waals surface area contributed by atoms with Gasteiger partial charge in [0.1, 0.15) is 11.6 Å². The summed E-state index contributed by atoms with van der Waals surface area (Å²) in [5.74, 6) is 0.410. The lowest BCUT2D eigenvalue weighted by molar-refractivity contribution is 0.0508. The van der Waals surface area contributed by atoms with Gasteiger partial charge in [0.2, 0.25) is 5.89 Å². The molecule has 0 amide bonds. The van der Waals surface area contributed by atoms with E-state index < -0.39 is 0 Å². The number of hydrogen-bond donors (Lipinski definition) is 0. The molecule has 1 heterocycles. The number of carbonyl (C=O) groups is 1. The number of esters is 1. The summed E-state index contributed by atoms with van der Waals surface area (Å²) >= 11 is 0. The Bertz CT molecular complexity index is 826. The second-order valence-corrected chi connectivity index (χ2v) is 5.28. The Kier molecular flexibility index (Phi) is 4.70. The van der Waals surface area contributed by atoms with Crippen LogP contribution in [0.4, 0.5) is 4.39 Å². The van der Waals surface area contributed by atoms with Crippen molar-refractivity contribution in [3.63, 3.8) is 0 Å². The number of oxazole rings is 1. The quantitative estimate of drug-likeness (QED) is 0.660. The first-order chi connectivity index (χ1) is 11.6. The van der Waals surface area contributed by atoms with E-state index in [0.29, 0.717) is 29.2 Å². The van der Waals surface area contributed by atoms with Crippen LogP contribution in [0.5, 0.6) is 0 Å². The highest BCUT2D eigenvalue weighted by molar-refractivity contribution is 5.89. The molecule has 3 rings (SSSR count). The molecule has 0 fully saturated rings. The first-order valence-corrected chi connectivity index (χ1v) is 7.58. The number of aryl methyl sites for hydroxylation is 1. The van der Waals surface area contributed by atoms with Crippen LogP contribution in [-0.2, 0) is 11.2 Å². The highest BCUT2D eigenvalue weighted by atomic mass is 19.1. The van der Waals surface area contributed by atoms with Gasteiger partial charge in [0.25, 0.3) is 0 Å². The summed E-state index contributed by atoms with van der Waals surface area (Å²) in [6.45, 7) is 2.01. The summed E-state index contributed by atoms with van der Waals surface area (Å²) in [6.07, 6.45) is 0.453. The number of rotatable bonds is 5. The lowest BCUT2D eigenvalue weighted by Crippen LogP contribution is -2.08. The van der Waals surface area contributed by atoms with E-state index in [1.807, 2.05) is 6.07 Å². The van der Waals surface area contributed by atoms with Gasteiger partial charge in [-0.1, -0.05) is 18.2 Å². The summed E-state index contributed by atoms with van der Waals surface area (Å²) in [5.41, 5.74) is 1.93. The Morgan fingerprint density at radius 1 is 1.12 bits per heavy atom. The molecule has 0 radical (unpaired) electrons. The normalized spacial score (nSPS) is 10.6. The fraction of sp³-hybridized carbons (Fsp3) is 0.158. The summed E-state index contributed by atoms with van der Waals surface area (Å²) < 4.78 is 23.8. The number of benzene rings is 2. The smallest absolute Gasteiger partial charge is 0.338 e. The van der Waals surface area contributed by atoms with E-state index in [1.165, 1.54) is 12.1 Å². The van der Waals surface area contributed by atoms with Crippen LogP contribution in [0.15, 0.2) is 59.0 Å². The van der Waals surface area contributed by atoms with E-state index in [1.54, 1.807) is 43.3 Å². The number of halogens is 1. The van der Waals surface area contributed by atoms with Gasteiger partial charge < -0.3 is 9.15 Å². The molecule has 0 aliphatic rings. The molecule has 0 aliphatic heterocycles. The van der Waals surface area contributed by atoms with E-state index in [0.717, 1.165) is 5.69 Å². The average molecular weight is 325 g/mol. The molecule has 4 nitrogen and oxygen atoms in total. The van der Waals surface area contributed by atoms with Crippen molar-refractivity contribution in [1.82, 2.24) is 4.98 Å². The molecule has 24 heavy (non-hydrogen) atoms. The van der Waals surface area contributed by atoms with Crippen molar-refractivity contribution in [2.45, 2.75) is 13.3 Å². The number of ether oxygens (including phenoxy) is 1. The lowest BCUT2D eigenvalue weighted by atomic mass is 10.2. The SMILES string of the molecule is Cc1oc(-c2ccc(F)cc2)nc1CCOC(=O)c1ccccc1. The van der Waals surface area contributed by atoms with Crippen LogP contribution >= 0.6 is 0 Å². The maximum Gasteiger partial charge on any atom is 0.338 e. The number of carbonyl (C=O) groups excluding carboxylic acids is 1. The van der Waals surface area contributed by atoms with Gasteiger partial charge in [-0.2, -0.15) is 0 Å². The van der Waals surface area contributed by atoms with Crippen LogP contribution < -0.4 is 0 Å². The minimum atomic E-state index is -0.365. The van der Waals surface area contributed by atoms with Crippen molar-refractivity contribution in [2.75, 3.05) is 6.61 Å². The molecule has 0 atom stereocenters. The zero-order valence-electron chi connectivity index (χ0n) is 13.2. The molecule has 122 valence electrons. The highest BCUT2D eigenvalue weighted by Crippen LogP contribution is 2.22. The Hall–Kier alpha value is -2.95. The molecule has 0 aliphatic carbocycles. The van der Waals surface area contributed by atoms with Crippen LogP contribution in [0.1, 0.15) is 21.8 Å². The van der Waals surface area contributed by atoms with Crippen molar-refractivity contribution in [1.29, 1.82) is 0 Å². The van der Waals surface area contributed by atoms with Crippen molar-refractivity contribution in [3.8, 4) is 11.5 Å². The van der Waals surface area contributed by atoms with Gasteiger partial charge in [0.15, 0.2) is 0 Å². The Morgan fingerprint density at radius 3 is 2.54 bits per heavy atom. The van der Waals surface area contributed by atoms with Crippen LogP contribution in [0, 0.1) is 12.7 Å². The molecule has 5 heteroatoms. The van der Waals surface area contributed by atoms with Gasteiger partial charge in [-0.05, 0) is 43.3 Å². The minimum Gasteiger partial charge on any atom is -0.462 e. The molecule has 0 unspecified atom stereocenters. The largest absolute Gasteiger partial charge is 0.462 e. The second-order valence-electron chi connectivity index (χ2n) is 5.28. The third-order valence-corrected chi connectivity index (χ3v) is 3.57. The van der Waals surface area contributed by atoms with Crippen molar-refractivity contribution >= 4 is 5.97 Å². The predicted octanol–water partition coefficient (Wildman–Crippen LogP) is 4.19. The van der Waals surface area contributed by atoms with E-state index in [4.69, 9.17) is 9.15 Å². The Labute approximate surface area is 138 Å². The van der Waals surface area contributed by atoms with E-state index in [-0.39, 0.29) is 18.4 Å². The second kappa shape index (κ2) is 7.08. The maximum atomic E-state index is 13.0. The standard InChI is InChI=1S/C19H16FNO3/c1-13-17(11-12-23-19(22)15-5-3-2-4-6-15)21-18(24-13)14-7-9-16(20)10-8-14/h2-10H,11-12H2,1H3. The number of nitrogens with zero attached hydrogens (tertiary/aromatic N) is 1. The summed E-state index contributed by atoms with van der Waals surface area (Å²) in [5, 5.41) is 0. The third-order valence-electron chi connectivity index (χ3n) is 3.57. The number of aromatic nitrogens is 1. The first kappa shape index (κ1) is 15.9. The summed E-state index contributed by atoms with van der Waals surface area (Å²) in [7, 11) is 0. The molecule has 0 bridgehead atoms. The van der Waals surface area contributed by atoms with Gasteiger partial charge in [-0.25, -0.2) is 14.2 Å². The van der Waals surface area contributed by atoms with Gasteiger partial charge in [0.05, 0.1) is 17.9 Å². The van der Waals surface area contributed by atoms with E-state index in [2.05, 4.69) is 4.98 Å². The fourth-order valence-electron chi connectivity index (χ4n) is 2.27. The Balaban J connectivity index is 1.62. The number of hydrogen-bond acceptors (Lipinski definition) is 4. The third kappa shape index (κ3) is 3.68. The van der Waals surface area contributed by atoms with Crippen LogP contribution in [-0.4, -0.2) is 17.6 Å². The lowest BCUT2D eigenvalue weighted by Gasteiger charge is -2.03. The maximum absolute atomic E-state index is 13.0. The average Bonchev–Trinajstić information content (AvgIpc) is 2.97. The first-order valence-electron chi connectivity index (χ1n) is 7.58. The van der Waals surface area contributed by atoms with Crippen molar-refractivity contribution < 1.29 is 18.3 Å². The Morgan fingerprint density at radius 2 is 1.83 bits per heavy atom. The minimum absolute atomic E-state index is 0.212. The summed E-state index contributed by atoms with van der Waals surface area (Å²) in [6, 6.07) is 14.8. The van der Waals surface area contributed by atoms with Gasteiger partial charge >= 0.3 is 5.97 Å².